The lowest BCUT2D eigenvalue weighted by molar-refractivity contribution is -0.173. The zero-order valence-corrected chi connectivity index (χ0v) is 23.0. The molecule has 6 heteroatoms. The van der Waals surface area contributed by atoms with E-state index in [4.69, 9.17) is 18.9 Å². The van der Waals surface area contributed by atoms with Crippen molar-refractivity contribution in [2.24, 2.45) is 11.3 Å². The number of Topliss-reactive ketones (excluding diaryl/α,β-unsaturated/α-hetero) is 1. The Morgan fingerprint density at radius 3 is 1.94 bits per heavy atom. The molecule has 0 aliphatic heterocycles. The third kappa shape index (κ3) is 11.0. The van der Waals surface area contributed by atoms with E-state index in [2.05, 4.69) is 40.3 Å². The van der Waals surface area contributed by atoms with E-state index in [1.54, 1.807) is 7.11 Å². The fourth-order valence-corrected chi connectivity index (χ4v) is 3.67. The van der Waals surface area contributed by atoms with E-state index in [0.717, 1.165) is 12.8 Å². The SMILES string of the molecule is CCC(COC(C)(C)COC(C)(C)C(=O)CCS)(CC(C)C)C(C)OCC(C)(C)OC. The van der Waals surface area contributed by atoms with Gasteiger partial charge in [-0.3, -0.25) is 4.79 Å². The highest BCUT2D eigenvalue weighted by molar-refractivity contribution is 7.80. The van der Waals surface area contributed by atoms with Crippen molar-refractivity contribution in [1.82, 2.24) is 0 Å². The van der Waals surface area contributed by atoms with Crippen LogP contribution in [-0.2, 0) is 23.7 Å². The molecule has 0 fully saturated rings. The summed E-state index contributed by atoms with van der Waals surface area (Å²) in [5.74, 6) is 1.10. The smallest absolute Gasteiger partial charge is 0.164 e. The number of hydrogen-bond donors (Lipinski definition) is 1. The summed E-state index contributed by atoms with van der Waals surface area (Å²) in [6.45, 7) is 22.0. The van der Waals surface area contributed by atoms with Gasteiger partial charge in [-0.05, 0) is 73.0 Å². The van der Waals surface area contributed by atoms with Crippen molar-refractivity contribution >= 4 is 18.4 Å². The van der Waals surface area contributed by atoms with E-state index in [0.29, 0.717) is 37.9 Å². The van der Waals surface area contributed by atoms with E-state index in [1.165, 1.54) is 0 Å². The molecule has 5 nitrogen and oxygen atoms in total. The molecule has 0 saturated carbocycles. The number of ketones is 1. The zero-order chi connectivity index (χ0) is 24.5. The van der Waals surface area contributed by atoms with Gasteiger partial charge < -0.3 is 18.9 Å². The summed E-state index contributed by atoms with van der Waals surface area (Å²) < 4.78 is 24.3. The second-order valence-corrected chi connectivity index (χ2v) is 11.4. The number of ether oxygens (including phenoxy) is 4. The summed E-state index contributed by atoms with van der Waals surface area (Å²) in [6.07, 6.45) is 2.36. The Morgan fingerprint density at radius 1 is 0.903 bits per heavy atom. The van der Waals surface area contributed by atoms with Gasteiger partial charge in [0, 0.05) is 18.9 Å². The van der Waals surface area contributed by atoms with Crippen LogP contribution in [0.2, 0.25) is 0 Å². The molecule has 0 aromatic heterocycles. The number of thiol groups is 1. The molecule has 2 atom stereocenters. The van der Waals surface area contributed by atoms with Gasteiger partial charge in [-0.25, -0.2) is 0 Å². The molecule has 0 aromatic rings. The zero-order valence-electron chi connectivity index (χ0n) is 22.1. The largest absolute Gasteiger partial charge is 0.376 e. The van der Waals surface area contributed by atoms with Gasteiger partial charge in [0.05, 0.1) is 37.1 Å². The molecular formula is C25H50O5S. The third-order valence-electron chi connectivity index (χ3n) is 6.16. The molecule has 186 valence electrons. The van der Waals surface area contributed by atoms with Gasteiger partial charge in [-0.1, -0.05) is 20.8 Å². The monoisotopic (exact) mass is 462 g/mol. The molecule has 0 heterocycles. The van der Waals surface area contributed by atoms with Crippen LogP contribution < -0.4 is 0 Å². The number of carbonyl (C=O) groups is 1. The third-order valence-corrected chi connectivity index (χ3v) is 6.38. The van der Waals surface area contributed by atoms with Gasteiger partial charge in [-0.15, -0.1) is 0 Å². The van der Waals surface area contributed by atoms with Crippen LogP contribution in [0.25, 0.3) is 0 Å². The van der Waals surface area contributed by atoms with E-state index in [9.17, 15) is 4.79 Å². The van der Waals surface area contributed by atoms with Gasteiger partial charge in [0.2, 0.25) is 0 Å². The molecule has 0 spiro atoms. The Labute approximate surface area is 197 Å². The topological polar surface area (TPSA) is 54.0 Å². The molecule has 0 aromatic carbocycles. The first-order valence-electron chi connectivity index (χ1n) is 11.7. The van der Waals surface area contributed by atoms with Crippen LogP contribution >= 0.6 is 12.6 Å². The minimum Gasteiger partial charge on any atom is -0.376 e. The molecule has 0 amide bonds. The van der Waals surface area contributed by atoms with E-state index in [1.807, 2.05) is 41.5 Å². The van der Waals surface area contributed by atoms with Gasteiger partial charge in [0.15, 0.2) is 5.78 Å². The minimum atomic E-state index is -0.842. The summed E-state index contributed by atoms with van der Waals surface area (Å²) in [7, 11) is 1.71. The predicted molar refractivity (Wildman–Crippen MR) is 132 cm³/mol. The van der Waals surface area contributed by atoms with Crippen molar-refractivity contribution in [3.05, 3.63) is 0 Å². The second-order valence-electron chi connectivity index (χ2n) is 11.0. The Hall–Kier alpha value is -0.140. The first-order valence-corrected chi connectivity index (χ1v) is 12.3. The summed E-state index contributed by atoms with van der Waals surface area (Å²) in [5, 5.41) is 0. The van der Waals surface area contributed by atoms with Crippen molar-refractivity contribution in [1.29, 1.82) is 0 Å². The molecule has 2 unspecified atom stereocenters. The number of rotatable bonds is 17. The highest BCUT2D eigenvalue weighted by atomic mass is 32.1. The van der Waals surface area contributed by atoms with E-state index >= 15 is 0 Å². The van der Waals surface area contributed by atoms with Crippen molar-refractivity contribution in [3.63, 3.8) is 0 Å². The molecule has 31 heavy (non-hydrogen) atoms. The standard InChI is InChI=1S/C25H50O5S/c1-12-25(15-19(2)3,20(4)28-16-22(5,6)27-11)18-29-23(7,8)17-30-24(9,10)21(26)13-14-31/h19-20,31H,12-18H2,1-11H3. The highest BCUT2D eigenvalue weighted by Crippen LogP contribution is 2.38. The molecule has 0 saturated heterocycles. The Morgan fingerprint density at radius 2 is 1.48 bits per heavy atom. The Bertz CT molecular complexity index is 530. The maximum Gasteiger partial charge on any atom is 0.164 e. The fourth-order valence-electron chi connectivity index (χ4n) is 3.47. The van der Waals surface area contributed by atoms with Crippen LogP contribution in [0.3, 0.4) is 0 Å². The minimum absolute atomic E-state index is 0.0134. The number of hydrogen-bond acceptors (Lipinski definition) is 6. The average molecular weight is 463 g/mol. The van der Waals surface area contributed by atoms with Crippen LogP contribution in [0.4, 0.5) is 0 Å². The molecule has 0 N–H and O–H groups in total. The number of carbonyl (C=O) groups excluding carboxylic acids is 1. The molecule has 0 aliphatic rings. The second kappa shape index (κ2) is 12.9. The molecule has 0 rings (SSSR count). The Kier molecular flexibility index (Phi) is 12.9. The lowest BCUT2D eigenvalue weighted by atomic mass is 9.74. The predicted octanol–water partition coefficient (Wildman–Crippen LogP) is 5.74. The van der Waals surface area contributed by atoms with E-state index in [-0.39, 0.29) is 22.9 Å². The fraction of sp³-hybridized carbons (Fsp3) is 0.960. The summed E-state index contributed by atoms with van der Waals surface area (Å²) in [6, 6.07) is 0. The van der Waals surface area contributed by atoms with Gasteiger partial charge >= 0.3 is 0 Å². The van der Waals surface area contributed by atoms with Crippen LogP contribution in [-0.4, -0.2) is 61.4 Å². The van der Waals surface area contributed by atoms with E-state index < -0.39 is 11.2 Å². The van der Waals surface area contributed by atoms with Crippen molar-refractivity contribution in [3.8, 4) is 0 Å². The maximum absolute atomic E-state index is 12.3. The van der Waals surface area contributed by atoms with Crippen LogP contribution in [0, 0.1) is 11.3 Å². The van der Waals surface area contributed by atoms with Crippen molar-refractivity contribution in [2.45, 2.75) is 111 Å². The Balaban J connectivity index is 5.24. The summed E-state index contributed by atoms with van der Waals surface area (Å²) in [4.78, 5) is 12.3. The van der Waals surface area contributed by atoms with Gasteiger partial charge in [0.1, 0.15) is 5.60 Å². The molecular weight excluding hydrogens is 412 g/mol. The van der Waals surface area contributed by atoms with Gasteiger partial charge in [0.25, 0.3) is 0 Å². The normalized spacial score (nSPS) is 16.4. The van der Waals surface area contributed by atoms with Crippen LogP contribution in [0.1, 0.15) is 88.5 Å². The first-order chi connectivity index (χ1) is 14.1. The summed E-state index contributed by atoms with van der Waals surface area (Å²) in [5.41, 5.74) is -1.82. The van der Waals surface area contributed by atoms with Gasteiger partial charge in [-0.2, -0.15) is 12.6 Å². The molecule has 0 radical (unpaired) electrons. The lowest BCUT2D eigenvalue weighted by Crippen LogP contribution is -2.46. The van der Waals surface area contributed by atoms with Crippen LogP contribution in [0.15, 0.2) is 0 Å². The first kappa shape index (κ1) is 30.9. The highest BCUT2D eigenvalue weighted by Gasteiger charge is 2.40. The molecule has 0 aliphatic carbocycles. The number of methoxy groups -OCH3 is 1. The molecule has 0 bridgehead atoms. The summed E-state index contributed by atoms with van der Waals surface area (Å²) >= 11 is 4.16. The van der Waals surface area contributed by atoms with Crippen molar-refractivity contribution < 1.29 is 23.7 Å². The maximum atomic E-state index is 12.3. The average Bonchev–Trinajstić information content (AvgIpc) is 2.68. The van der Waals surface area contributed by atoms with Crippen molar-refractivity contribution in [2.75, 3.05) is 32.7 Å². The quantitative estimate of drug-likeness (QED) is 0.279. The lowest BCUT2D eigenvalue weighted by Gasteiger charge is -2.43. The van der Waals surface area contributed by atoms with Crippen LogP contribution in [0.5, 0.6) is 0 Å².